The van der Waals surface area contributed by atoms with Crippen LogP contribution in [-0.4, -0.2) is 48.5 Å². The SMILES string of the molecule is O=C(NC1CCc2ccccc21)c1nc2ncnc(N3CCC(n4c(=O)[nH]c5ccccc54)CC3)c2[nH]1. The molecule has 10 heteroatoms. The second kappa shape index (κ2) is 8.58. The number of carbonyl (C=O) groups is 1. The van der Waals surface area contributed by atoms with Crippen LogP contribution in [0.2, 0.25) is 0 Å². The molecule has 0 spiro atoms. The molecule has 3 N–H and O–H groups in total. The number of benzene rings is 2. The molecule has 1 aliphatic carbocycles. The van der Waals surface area contributed by atoms with Gasteiger partial charge in [0.25, 0.3) is 5.91 Å². The van der Waals surface area contributed by atoms with Gasteiger partial charge >= 0.3 is 5.69 Å². The minimum Gasteiger partial charge on any atom is -0.355 e. The van der Waals surface area contributed by atoms with Crippen molar-refractivity contribution >= 4 is 33.9 Å². The summed E-state index contributed by atoms with van der Waals surface area (Å²) >= 11 is 0. The van der Waals surface area contributed by atoms with E-state index in [0.29, 0.717) is 11.2 Å². The van der Waals surface area contributed by atoms with Crippen LogP contribution in [0.4, 0.5) is 5.82 Å². The lowest BCUT2D eigenvalue weighted by atomic mass is 10.0. The van der Waals surface area contributed by atoms with Crippen molar-refractivity contribution in [3.8, 4) is 0 Å². The molecule has 1 aliphatic heterocycles. The Kier molecular flexibility index (Phi) is 5.05. The topological polar surface area (TPSA) is 125 Å². The number of nitrogens with one attached hydrogen (secondary N) is 3. The van der Waals surface area contributed by atoms with Crippen LogP contribution < -0.4 is 15.9 Å². The number of anilines is 1. The van der Waals surface area contributed by atoms with Gasteiger partial charge in [0, 0.05) is 19.1 Å². The number of piperidine rings is 1. The van der Waals surface area contributed by atoms with Crippen LogP contribution in [0.5, 0.6) is 0 Å². The molecule has 37 heavy (non-hydrogen) atoms. The number of carbonyl (C=O) groups excluding carboxylic acids is 1. The minimum atomic E-state index is -0.247. The Labute approximate surface area is 211 Å². The van der Waals surface area contributed by atoms with Crippen molar-refractivity contribution < 1.29 is 4.79 Å². The van der Waals surface area contributed by atoms with Crippen molar-refractivity contribution in [3.63, 3.8) is 0 Å². The lowest BCUT2D eigenvalue weighted by molar-refractivity contribution is 0.0927. The molecule has 10 nitrogen and oxygen atoms in total. The molecule has 1 amide bonds. The van der Waals surface area contributed by atoms with Gasteiger partial charge in [0.05, 0.1) is 17.1 Å². The number of H-pyrrole nitrogens is 2. The van der Waals surface area contributed by atoms with E-state index in [1.54, 1.807) is 0 Å². The maximum absolute atomic E-state index is 13.1. The van der Waals surface area contributed by atoms with Crippen LogP contribution in [0.15, 0.2) is 59.7 Å². The number of aromatic amines is 2. The van der Waals surface area contributed by atoms with E-state index in [1.165, 1.54) is 17.5 Å². The summed E-state index contributed by atoms with van der Waals surface area (Å²) in [6, 6.07) is 16.1. The predicted octanol–water partition coefficient (Wildman–Crippen LogP) is 3.25. The molecule has 1 fully saturated rings. The number of para-hydroxylation sites is 2. The molecule has 3 aromatic heterocycles. The van der Waals surface area contributed by atoms with Crippen LogP contribution in [0.25, 0.3) is 22.2 Å². The van der Waals surface area contributed by atoms with Gasteiger partial charge in [-0.15, -0.1) is 0 Å². The summed E-state index contributed by atoms with van der Waals surface area (Å²) in [6.07, 6.45) is 4.93. The zero-order chi connectivity index (χ0) is 24.9. The highest BCUT2D eigenvalue weighted by molar-refractivity contribution is 5.95. The number of nitrogens with zero attached hydrogens (tertiary/aromatic N) is 5. The number of hydrogen-bond donors (Lipinski definition) is 3. The summed E-state index contributed by atoms with van der Waals surface area (Å²) < 4.78 is 1.88. The van der Waals surface area contributed by atoms with Gasteiger partial charge in [0.1, 0.15) is 11.8 Å². The third-order valence-electron chi connectivity index (χ3n) is 7.67. The molecule has 186 valence electrons. The highest BCUT2D eigenvalue weighted by Gasteiger charge is 2.28. The number of aryl methyl sites for hydroxylation is 1. The molecule has 7 rings (SSSR count). The average molecular weight is 495 g/mol. The molecular weight excluding hydrogens is 468 g/mol. The van der Waals surface area contributed by atoms with Crippen LogP contribution in [0.1, 0.15) is 53.1 Å². The Bertz CT molecular complexity index is 1690. The van der Waals surface area contributed by atoms with Gasteiger partial charge in [0.2, 0.25) is 0 Å². The van der Waals surface area contributed by atoms with E-state index in [9.17, 15) is 9.59 Å². The Morgan fingerprint density at radius 1 is 0.973 bits per heavy atom. The van der Waals surface area contributed by atoms with Gasteiger partial charge < -0.3 is 20.2 Å². The molecule has 0 radical (unpaired) electrons. The van der Waals surface area contributed by atoms with Crippen molar-refractivity contribution in [2.45, 2.75) is 37.8 Å². The Hall–Kier alpha value is -4.47. The Morgan fingerprint density at radius 3 is 2.68 bits per heavy atom. The monoisotopic (exact) mass is 494 g/mol. The maximum atomic E-state index is 13.1. The van der Waals surface area contributed by atoms with Gasteiger partial charge in [-0.1, -0.05) is 36.4 Å². The molecule has 0 bridgehead atoms. The predicted molar refractivity (Wildman–Crippen MR) is 140 cm³/mol. The first-order valence-electron chi connectivity index (χ1n) is 12.7. The van der Waals surface area contributed by atoms with Crippen LogP contribution in [0.3, 0.4) is 0 Å². The summed E-state index contributed by atoms with van der Waals surface area (Å²) in [6.45, 7) is 1.45. The number of amides is 1. The van der Waals surface area contributed by atoms with E-state index < -0.39 is 0 Å². The smallest absolute Gasteiger partial charge is 0.326 e. The van der Waals surface area contributed by atoms with Gasteiger partial charge in [-0.2, -0.15) is 0 Å². The molecule has 0 saturated carbocycles. The van der Waals surface area contributed by atoms with E-state index >= 15 is 0 Å². The Morgan fingerprint density at radius 2 is 1.78 bits per heavy atom. The van der Waals surface area contributed by atoms with E-state index in [2.05, 4.69) is 47.3 Å². The standard InChI is InChI=1S/C27H26N8O2/c36-26(30-19-10-9-16-5-1-2-6-18(16)19)24-32-22-23(33-24)28-15-29-25(22)34-13-11-17(12-14-34)35-21-8-4-3-7-20(21)31-27(35)37/h1-8,15,17,19H,9-14H2,(H,30,36)(H,31,37)(H,28,29,32,33). The minimum absolute atomic E-state index is 0.0191. The van der Waals surface area contributed by atoms with Gasteiger partial charge in [-0.05, 0) is 48.9 Å². The van der Waals surface area contributed by atoms with Gasteiger partial charge in [-0.25, -0.2) is 19.7 Å². The van der Waals surface area contributed by atoms with E-state index in [-0.39, 0.29) is 29.5 Å². The van der Waals surface area contributed by atoms with E-state index in [1.807, 2.05) is 41.0 Å². The zero-order valence-corrected chi connectivity index (χ0v) is 20.1. The van der Waals surface area contributed by atoms with Crippen molar-refractivity contribution in [1.29, 1.82) is 0 Å². The fraction of sp³-hybridized carbons (Fsp3) is 0.296. The van der Waals surface area contributed by atoms with Gasteiger partial charge in [0.15, 0.2) is 17.3 Å². The third-order valence-corrected chi connectivity index (χ3v) is 7.67. The summed E-state index contributed by atoms with van der Waals surface area (Å²) in [5.41, 5.74) is 5.30. The summed E-state index contributed by atoms with van der Waals surface area (Å²) in [7, 11) is 0. The summed E-state index contributed by atoms with van der Waals surface area (Å²) in [5.74, 6) is 0.719. The third kappa shape index (κ3) is 3.67. The highest BCUT2D eigenvalue weighted by Crippen LogP contribution is 2.32. The van der Waals surface area contributed by atoms with E-state index in [4.69, 9.17) is 0 Å². The lowest BCUT2D eigenvalue weighted by Crippen LogP contribution is -2.37. The first-order chi connectivity index (χ1) is 18.2. The molecule has 1 unspecified atom stereocenters. The molecule has 2 aliphatic rings. The van der Waals surface area contributed by atoms with E-state index in [0.717, 1.165) is 55.6 Å². The van der Waals surface area contributed by atoms with Crippen molar-refractivity contribution in [3.05, 3.63) is 82.3 Å². The highest BCUT2D eigenvalue weighted by atomic mass is 16.2. The number of aromatic nitrogens is 6. The van der Waals surface area contributed by atoms with Crippen molar-refractivity contribution in [1.82, 2.24) is 34.8 Å². The number of rotatable bonds is 4. The number of fused-ring (bicyclic) bond motifs is 3. The molecule has 4 heterocycles. The van der Waals surface area contributed by atoms with Gasteiger partial charge in [-0.3, -0.25) is 9.36 Å². The fourth-order valence-electron chi connectivity index (χ4n) is 5.87. The molecule has 1 atom stereocenters. The maximum Gasteiger partial charge on any atom is 0.326 e. The average Bonchev–Trinajstić information content (AvgIpc) is 3.63. The summed E-state index contributed by atoms with van der Waals surface area (Å²) in [4.78, 5) is 47.3. The molecular formula is C27H26N8O2. The second-order valence-electron chi connectivity index (χ2n) is 9.78. The van der Waals surface area contributed by atoms with Crippen LogP contribution >= 0.6 is 0 Å². The lowest BCUT2D eigenvalue weighted by Gasteiger charge is -2.33. The molecule has 5 aromatic rings. The van der Waals surface area contributed by atoms with Crippen LogP contribution in [0, 0.1) is 0 Å². The molecule has 2 aromatic carbocycles. The largest absolute Gasteiger partial charge is 0.355 e. The number of hydrogen-bond acceptors (Lipinski definition) is 6. The molecule has 1 saturated heterocycles. The fourth-order valence-corrected chi connectivity index (χ4v) is 5.87. The Balaban J connectivity index is 1.10. The van der Waals surface area contributed by atoms with Crippen molar-refractivity contribution in [2.75, 3.05) is 18.0 Å². The first kappa shape index (κ1) is 21.8. The quantitative estimate of drug-likeness (QED) is 0.352. The zero-order valence-electron chi connectivity index (χ0n) is 20.1. The normalized spacial score (nSPS) is 17.9. The second-order valence-corrected chi connectivity index (χ2v) is 9.78. The number of imidazole rings is 2. The van der Waals surface area contributed by atoms with Crippen LogP contribution in [-0.2, 0) is 6.42 Å². The summed E-state index contributed by atoms with van der Waals surface area (Å²) in [5, 5.41) is 3.12. The first-order valence-corrected chi connectivity index (χ1v) is 12.7. The van der Waals surface area contributed by atoms with Crippen molar-refractivity contribution in [2.24, 2.45) is 0 Å².